The van der Waals surface area contributed by atoms with Crippen molar-refractivity contribution in [3.8, 4) is 5.75 Å². The average molecular weight is 502 g/mol. The van der Waals surface area contributed by atoms with Gasteiger partial charge in [0.25, 0.3) is 0 Å². The summed E-state index contributed by atoms with van der Waals surface area (Å²) in [6.07, 6.45) is 2.72. The quantitative estimate of drug-likeness (QED) is 0.443. The lowest BCUT2D eigenvalue weighted by Gasteiger charge is -2.36. The van der Waals surface area contributed by atoms with E-state index in [0.29, 0.717) is 47.3 Å². The molecule has 3 aromatic rings. The molecule has 2 aromatic carbocycles. The van der Waals surface area contributed by atoms with E-state index in [1.165, 1.54) is 6.92 Å². The summed E-state index contributed by atoms with van der Waals surface area (Å²) in [6, 6.07) is 18.3. The number of fused-ring (bicyclic) bond motifs is 1. The Morgan fingerprint density at radius 2 is 1.92 bits per heavy atom. The van der Waals surface area contributed by atoms with Crippen molar-refractivity contribution < 1.29 is 14.3 Å². The lowest BCUT2D eigenvalue weighted by atomic mass is 9.73. The number of anilines is 2. The van der Waals surface area contributed by atoms with E-state index < -0.39 is 6.04 Å². The first-order valence-corrected chi connectivity index (χ1v) is 12.4. The number of allylic oxidation sites excluding steroid dienone is 1. The van der Waals surface area contributed by atoms with Gasteiger partial charge in [-0.3, -0.25) is 14.5 Å². The molecule has 7 heteroatoms. The molecule has 2 heterocycles. The van der Waals surface area contributed by atoms with Crippen LogP contribution in [0.15, 0.2) is 78.1 Å². The van der Waals surface area contributed by atoms with Crippen LogP contribution in [-0.2, 0) is 16.2 Å². The molecule has 1 aliphatic carbocycles. The standard InChI is InChI=1S/C29H28ClN3O3/c1-18(34)33-27(20-11-12-25(21(30)14-20)36-17-19-8-5-4-6-9-19)26-23(15-29(2,3)16-24(26)35)32-22-10-7-13-31-28(22)33/h4-14,27,32H,15-17H2,1-3H3/t27-/m0/s1. The van der Waals surface area contributed by atoms with E-state index >= 15 is 0 Å². The number of hydrogen-bond acceptors (Lipinski definition) is 5. The van der Waals surface area contributed by atoms with Crippen LogP contribution in [0.25, 0.3) is 0 Å². The van der Waals surface area contributed by atoms with Gasteiger partial charge in [0.1, 0.15) is 12.4 Å². The molecule has 6 nitrogen and oxygen atoms in total. The van der Waals surface area contributed by atoms with Crippen LogP contribution < -0.4 is 15.0 Å². The molecule has 0 saturated carbocycles. The summed E-state index contributed by atoms with van der Waals surface area (Å²) in [5.41, 5.74) is 3.65. The Labute approximate surface area is 215 Å². The van der Waals surface area contributed by atoms with E-state index in [0.717, 1.165) is 16.8 Å². The highest BCUT2D eigenvalue weighted by atomic mass is 35.5. The summed E-state index contributed by atoms with van der Waals surface area (Å²) in [7, 11) is 0. The summed E-state index contributed by atoms with van der Waals surface area (Å²) in [4.78, 5) is 32.8. The minimum absolute atomic E-state index is 0.0123. The highest BCUT2D eigenvalue weighted by Crippen LogP contribution is 2.48. The molecule has 1 aromatic heterocycles. The summed E-state index contributed by atoms with van der Waals surface area (Å²) in [6.45, 7) is 6.04. The molecular formula is C29H28ClN3O3. The van der Waals surface area contributed by atoms with Crippen LogP contribution in [0.1, 0.15) is 50.8 Å². The fourth-order valence-electron chi connectivity index (χ4n) is 5.05. The zero-order valence-electron chi connectivity index (χ0n) is 20.5. The van der Waals surface area contributed by atoms with Crippen molar-refractivity contribution in [3.05, 3.63) is 94.3 Å². The number of rotatable bonds is 4. The molecular weight excluding hydrogens is 474 g/mol. The number of Topliss-reactive ketones (excluding diaryl/α,β-unsaturated/α-hetero) is 1. The highest BCUT2D eigenvalue weighted by Gasteiger charge is 2.43. The van der Waals surface area contributed by atoms with E-state index in [-0.39, 0.29) is 17.1 Å². The third kappa shape index (κ3) is 4.61. The van der Waals surface area contributed by atoms with E-state index in [9.17, 15) is 9.59 Å². The maximum Gasteiger partial charge on any atom is 0.225 e. The number of aromatic nitrogens is 1. The highest BCUT2D eigenvalue weighted by molar-refractivity contribution is 6.32. The van der Waals surface area contributed by atoms with Crippen LogP contribution in [0.4, 0.5) is 11.5 Å². The van der Waals surface area contributed by atoms with Crippen LogP contribution >= 0.6 is 11.6 Å². The van der Waals surface area contributed by atoms with Gasteiger partial charge in [-0.25, -0.2) is 4.98 Å². The van der Waals surface area contributed by atoms with Gasteiger partial charge >= 0.3 is 0 Å². The Balaban J connectivity index is 1.60. The van der Waals surface area contributed by atoms with Crippen molar-refractivity contribution in [1.82, 2.24) is 4.98 Å². The molecule has 0 fully saturated rings. The number of pyridine rings is 1. The van der Waals surface area contributed by atoms with Crippen molar-refractivity contribution in [3.63, 3.8) is 0 Å². The second-order valence-corrected chi connectivity index (χ2v) is 10.5. The summed E-state index contributed by atoms with van der Waals surface area (Å²) < 4.78 is 5.96. The SMILES string of the molecule is CC(=O)N1c2ncccc2NC2=C(C(=O)CC(C)(C)C2)[C@@H]1c1ccc(OCc2ccccc2)c(Cl)c1. The first-order chi connectivity index (χ1) is 17.2. The molecule has 0 bridgehead atoms. The van der Waals surface area contributed by atoms with Gasteiger partial charge in [-0.15, -0.1) is 0 Å². The van der Waals surface area contributed by atoms with Gasteiger partial charge in [-0.1, -0.05) is 61.8 Å². The molecule has 0 radical (unpaired) electrons. The molecule has 1 aliphatic heterocycles. The number of amides is 1. The Morgan fingerprint density at radius 1 is 1.14 bits per heavy atom. The third-order valence-electron chi connectivity index (χ3n) is 6.60. The molecule has 2 aliphatic rings. The summed E-state index contributed by atoms with van der Waals surface area (Å²) in [5, 5.41) is 3.85. The lowest BCUT2D eigenvalue weighted by molar-refractivity contribution is -0.118. The smallest absolute Gasteiger partial charge is 0.225 e. The van der Waals surface area contributed by atoms with Gasteiger partial charge in [-0.05, 0) is 47.2 Å². The number of benzene rings is 2. The van der Waals surface area contributed by atoms with E-state index in [1.807, 2.05) is 48.5 Å². The van der Waals surface area contributed by atoms with Crippen LogP contribution in [0.5, 0.6) is 5.75 Å². The zero-order valence-corrected chi connectivity index (χ0v) is 21.3. The molecule has 36 heavy (non-hydrogen) atoms. The first kappa shape index (κ1) is 24.1. The third-order valence-corrected chi connectivity index (χ3v) is 6.90. The second kappa shape index (κ2) is 9.43. The summed E-state index contributed by atoms with van der Waals surface area (Å²) in [5.74, 6) is 0.816. The second-order valence-electron chi connectivity index (χ2n) is 10.1. The number of hydrogen-bond donors (Lipinski definition) is 1. The Hall–Kier alpha value is -3.64. The fraction of sp³-hybridized carbons (Fsp3) is 0.276. The van der Waals surface area contributed by atoms with Gasteiger partial charge in [0, 0.05) is 30.8 Å². The Kier molecular flexibility index (Phi) is 6.31. The topological polar surface area (TPSA) is 71.5 Å². The van der Waals surface area contributed by atoms with E-state index in [4.69, 9.17) is 16.3 Å². The normalized spacial score (nSPS) is 18.6. The average Bonchev–Trinajstić information content (AvgIpc) is 2.97. The zero-order chi connectivity index (χ0) is 25.4. The maximum atomic E-state index is 13.6. The van der Waals surface area contributed by atoms with Gasteiger partial charge < -0.3 is 10.1 Å². The van der Waals surface area contributed by atoms with Crippen LogP contribution in [0.2, 0.25) is 5.02 Å². The molecule has 184 valence electrons. The largest absolute Gasteiger partial charge is 0.487 e. The molecule has 0 spiro atoms. The van der Waals surface area contributed by atoms with Crippen molar-refractivity contribution in [2.24, 2.45) is 5.41 Å². The maximum absolute atomic E-state index is 13.6. The first-order valence-electron chi connectivity index (χ1n) is 12.0. The van der Waals surface area contributed by atoms with Gasteiger partial charge in [0.15, 0.2) is 11.6 Å². The minimum atomic E-state index is -0.662. The Morgan fingerprint density at radius 3 is 2.64 bits per heavy atom. The Bertz CT molecular complexity index is 1370. The van der Waals surface area contributed by atoms with Crippen LogP contribution in [-0.4, -0.2) is 16.7 Å². The number of halogens is 1. The van der Waals surface area contributed by atoms with Gasteiger partial charge in [0.2, 0.25) is 5.91 Å². The molecule has 5 rings (SSSR count). The van der Waals surface area contributed by atoms with Crippen molar-refractivity contribution in [2.45, 2.75) is 46.3 Å². The van der Waals surface area contributed by atoms with Crippen molar-refractivity contribution in [2.75, 3.05) is 10.2 Å². The molecule has 0 saturated heterocycles. The summed E-state index contributed by atoms with van der Waals surface area (Å²) >= 11 is 6.68. The molecule has 1 atom stereocenters. The predicted octanol–water partition coefficient (Wildman–Crippen LogP) is 6.48. The number of ketones is 1. The number of ether oxygens (including phenoxy) is 1. The van der Waals surface area contributed by atoms with Crippen LogP contribution in [0.3, 0.4) is 0 Å². The monoisotopic (exact) mass is 501 g/mol. The van der Waals surface area contributed by atoms with Crippen molar-refractivity contribution >= 4 is 34.8 Å². The van der Waals surface area contributed by atoms with E-state index in [2.05, 4.69) is 24.1 Å². The lowest BCUT2D eigenvalue weighted by Crippen LogP contribution is -2.38. The van der Waals surface area contributed by atoms with Crippen LogP contribution in [0, 0.1) is 5.41 Å². The number of carbonyl (C=O) groups is 2. The number of nitrogens with one attached hydrogen (secondary N) is 1. The van der Waals surface area contributed by atoms with Gasteiger partial charge in [0.05, 0.1) is 16.8 Å². The number of carbonyl (C=O) groups excluding carboxylic acids is 2. The molecule has 1 amide bonds. The molecule has 1 N–H and O–H groups in total. The molecule has 0 unspecified atom stereocenters. The van der Waals surface area contributed by atoms with Crippen molar-refractivity contribution in [1.29, 1.82) is 0 Å². The van der Waals surface area contributed by atoms with Gasteiger partial charge in [-0.2, -0.15) is 0 Å². The van der Waals surface area contributed by atoms with E-state index in [1.54, 1.807) is 23.2 Å². The minimum Gasteiger partial charge on any atom is -0.487 e. The fourth-order valence-corrected chi connectivity index (χ4v) is 5.29. The number of nitrogens with zero attached hydrogens (tertiary/aromatic N) is 2. The predicted molar refractivity (Wildman–Crippen MR) is 141 cm³/mol.